The summed E-state index contributed by atoms with van der Waals surface area (Å²) in [7, 11) is -3.47. The molecule has 6 heteroatoms. The molecular weight excluding hydrogens is 241 g/mol. The third-order valence-electron chi connectivity index (χ3n) is 2.24. The first-order valence-corrected chi connectivity index (χ1v) is 5.97. The molecule has 3 nitrogen and oxygen atoms in total. The van der Waals surface area contributed by atoms with Crippen LogP contribution < -0.4 is 0 Å². The normalized spacial score (nSPS) is 14.2. The molecule has 0 radical (unpaired) electrons. The molecule has 84 valence electrons. The molecule has 0 N–H and O–H groups in total. The summed E-state index contributed by atoms with van der Waals surface area (Å²) in [4.78, 5) is 0. The maximum Gasteiger partial charge on any atom is 0.375 e. The minimum Gasteiger partial charge on any atom is -0.177 e. The number of nitrogens with zero attached hydrogens (tertiary/aromatic N) is 1. The van der Waals surface area contributed by atoms with Crippen LogP contribution in [0.15, 0.2) is 24.3 Å². The van der Waals surface area contributed by atoms with E-state index in [9.17, 15) is 12.3 Å². The fourth-order valence-electron chi connectivity index (χ4n) is 1.14. The first-order chi connectivity index (χ1) is 6.82. The summed E-state index contributed by atoms with van der Waals surface area (Å²) in [6, 6.07) is 6.03. The lowest BCUT2D eigenvalue weighted by atomic mass is 10.1. The van der Waals surface area contributed by atoms with Crippen LogP contribution in [-0.2, 0) is 10.4 Å². The van der Waals surface area contributed by atoms with Gasteiger partial charge in [0.2, 0.25) is 0 Å². The highest BCUT2D eigenvalue weighted by molar-refractivity contribution is 7.83. The highest BCUT2D eigenvalue weighted by Gasteiger charge is 2.23. The largest absolute Gasteiger partial charge is 0.375 e. The molecule has 1 aromatic rings. The summed E-state index contributed by atoms with van der Waals surface area (Å²) in [5.41, 5.74) is 0.683. The van der Waals surface area contributed by atoms with Crippen LogP contribution in [0.2, 0.25) is 5.02 Å². The van der Waals surface area contributed by atoms with Crippen LogP contribution in [0, 0.1) is 0 Å². The van der Waals surface area contributed by atoms with Gasteiger partial charge in [-0.2, -0.15) is 12.7 Å². The quantitative estimate of drug-likeness (QED) is 0.775. The SMILES string of the molecule is C[C@@H](c1ccc(Cl)cc1)N(C)S(=O)(=O)F. The maximum absolute atomic E-state index is 12.7. The van der Waals surface area contributed by atoms with Gasteiger partial charge in [0.05, 0.1) is 0 Å². The summed E-state index contributed by atoms with van der Waals surface area (Å²) in [6.07, 6.45) is 0. The first-order valence-electron chi connectivity index (χ1n) is 4.25. The summed E-state index contributed by atoms with van der Waals surface area (Å²) in [5.74, 6) is 0. The Bertz CT molecular complexity index is 432. The summed E-state index contributed by atoms with van der Waals surface area (Å²) < 4.78 is 34.6. The fourth-order valence-corrected chi connectivity index (χ4v) is 1.77. The van der Waals surface area contributed by atoms with Crippen LogP contribution in [0.3, 0.4) is 0 Å². The predicted octanol–water partition coefficient (Wildman–Crippen LogP) is 2.55. The van der Waals surface area contributed by atoms with Crippen molar-refractivity contribution < 1.29 is 12.3 Å². The van der Waals surface area contributed by atoms with E-state index in [0.717, 1.165) is 0 Å². The average Bonchev–Trinajstić information content (AvgIpc) is 2.15. The Morgan fingerprint density at radius 2 is 1.80 bits per heavy atom. The molecule has 0 unspecified atom stereocenters. The van der Waals surface area contributed by atoms with Crippen molar-refractivity contribution in [2.75, 3.05) is 7.05 Å². The lowest BCUT2D eigenvalue weighted by Crippen LogP contribution is -2.26. The van der Waals surface area contributed by atoms with Crippen molar-refractivity contribution in [1.29, 1.82) is 0 Å². The molecule has 0 heterocycles. The van der Waals surface area contributed by atoms with Crippen molar-refractivity contribution >= 4 is 22.0 Å². The number of hydrogen-bond donors (Lipinski definition) is 0. The third-order valence-corrected chi connectivity index (χ3v) is 3.50. The Kier molecular flexibility index (Phi) is 3.70. The molecule has 1 atom stereocenters. The van der Waals surface area contributed by atoms with E-state index in [0.29, 0.717) is 14.9 Å². The second kappa shape index (κ2) is 4.47. The van der Waals surface area contributed by atoms with E-state index in [1.165, 1.54) is 7.05 Å². The minimum absolute atomic E-state index is 0.553. The summed E-state index contributed by atoms with van der Waals surface area (Å²) in [6.45, 7) is 1.60. The summed E-state index contributed by atoms with van der Waals surface area (Å²) >= 11 is 5.68. The molecule has 0 amide bonds. The predicted molar refractivity (Wildman–Crippen MR) is 57.7 cm³/mol. The third kappa shape index (κ3) is 3.15. The van der Waals surface area contributed by atoms with Gasteiger partial charge < -0.3 is 0 Å². The van der Waals surface area contributed by atoms with Crippen LogP contribution in [0.4, 0.5) is 3.89 Å². The molecule has 0 fully saturated rings. The Labute approximate surface area is 93.8 Å². The molecule has 15 heavy (non-hydrogen) atoms. The average molecular weight is 252 g/mol. The van der Waals surface area contributed by atoms with Crippen molar-refractivity contribution in [1.82, 2.24) is 4.31 Å². The smallest absolute Gasteiger partial charge is 0.177 e. The Morgan fingerprint density at radius 1 is 1.33 bits per heavy atom. The molecule has 0 saturated carbocycles. The zero-order chi connectivity index (χ0) is 11.6. The van der Waals surface area contributed by atoms with Crippen LogP contribution in [0.25, 0.3) is 0 Å². The molecular formula is C9H11ClFNO2S. The number of halogens is 2. The van der Waals surface area contributed by atoms with Crippen molar-refractivity contribution in [2.45, 2.75) is 13.0 Å². The van der Waals surface area contributed by atoms with Gasteiger partial charge in [0, 0.05) is 18.1 Å². The van der Waals surface area contributed by atoms with E-state index < -0.39 is 16.5 Å². The first kappa shape index (κ1) is 12.4. The monoisotopic (exact) mass is 251 g/mol. The van der Waals surface area contributed by atoms with Crippen molar-refractivity contribution in [3.05, 3.63) is 34.9 Å². The summed E-state index contributed by atoms with van der Waals surface area (Å²) in [5, 5.41) is 0.553. The Morgan fingerprint density at radius 3 is 2.20 bits per heavy atom. The molecule has 0 aromatic heterocycles. The molecule has 1 rings (SSSR count). The second-order valence-corrected chi connectivity index (χ2v) is 5.02. The topological polar surface area (TPSA) is 37.4 Å². The Balaban J connectivity index is 2.95. The molecule has 0 bridgehead atoms. The van der Waals surface area contributed by atoms with Gasteiger partial charge in [0.1, 0.15) is 0 Å². The molecule has 0 aliphatic rings. The van der Waals surface area contributed by atoms with Gasteiger partial charge in [0.15, 0.2) is 0 Å². The molecule has 0 saturated heterocycles. The van der Waals surface area contributed by atoms with E-state index >= 15 is 0 Å². The maximum atomic E-state index is 12.7. The minimum atomic E-state index is -4.66. The zero-order valence-corrected chi connectivity index (χ0v) is 9.89. The molecule has 0 spiro atoms. The van der Waals surface area contributed by atoms with E-state index in [1.807, 2.05) is 0 Å². The van der Waals surface area contributed by atoms with Gasteiger partial charge in [-0.3, -0.25) is 0 Å². The van der Waals surface area contributed by atoms with Crippen LogP contribution >= 0.6 is 11.6 Å². The van der Waals surface area contributed by atoms with E-state index in [1.54, 1.807) is 31.2 Å². The van der Waals surface area contributed by atoms with Crippen LogP contribution in [0.5, 0.6) is 0 Å². The molecule has 1 aromatic carbocycles. The highest BCUT2D eigenvalue weighted by Crippen LogP contribution is 2.23. The molecule has 0 aliphatic heterocycles. The standard InChI is InChI=1S/C9H11ClFNO2S/c1-7(12(2)15(11,13)14)8-3-5-9(10)6-4-8/h3-7H,1-2H3/t7-/m0/s1. The molecule has 0 aliphatic carbocycles. The zero-order valence-electron chi connectivity index (χ0n) is 8.31. The lowest BCUT2D eigenvalue weighted by Gasteiger charge is -2.20. The van der Waals surface area contributed by atoms with Crippen LogP contribution in [-0.4, -0.2) is 19.8 Å². The van der Waals surface area contributed by atoms with Crippen molar-refractivity contribution in [2.24, 2.45) is 0 Å². The number of benzene rings is 1. The van der Waals surface area contributed by atoms with Gasteiger partial charge in [-0.1, -0.05) is 27.6 Å². The van der Waals surface area contributed by atoms with Crippen molar-refractivity contribution in [3.63, 3.8) is 0 Å². The van der Waals surface area contributed by atoms with E-state index in [2.05, 4.69) is 0 Å². The number of rotatable bonds is 3. The van der Waals surface area contributed by atoms with Crippen LogP contribution in [0.1, 0.15) is 18.5 Å². The lowest BCUT2D eigenvalue weighted by molar-refractivity contribution is 0.373. The van der Waals surface area contributed by atoms with E-state index in [4.69, 9.17) is 11.6 Å². The van der Waals surface area contributed by atoms with E-state index in [-0.39, 0.29) is 0 Å². The number of hydrogen-bond acceptors (Lipinski definition) is 2. The Hall–Kier alpha value is -0.650. The highest BCUT2D eigenvalue weighted by atomic mass is 35.5. The second-order valence-electron chi connectivity index (χ2n) is 3.19. The van der Waals surface area contributed by atoms with Crippen molar-refractivity contribution in [3.8, 4) is 0 Å². The fraction of sp³-hybridized carbons (Fsp3) is 0.333. The van der Waals surface area contributed by atoms with Gasteiger partial charge >= 0.3 is 10.4 Å². The van der Waals surface area contributed by atoms with Gasteiger partial charge in [-0.25, -0.2) is 0 Å². The van der Waals surface area contributed by atoms with Gasteiger partial charge in [0.25, 0.3) is 0 Å². The van der Waals surface area contributed by atoms with Gasteiger partial charge in [-0.05, 0) is 24.6 Å². The van der Waals surface area contributed by atoms with Gasteiger partial charge in [-0.15, -0.1) is 0 Å².